The largest absolute Gasteiger partial charge is 0.370 e. The lowest BCUT2D eigenvalue weighted by molar-refractivity contribution is 0.0945. The van der Waals surface area contributed by atoms with Crippen molar-refractivity contribution in [3.8, 4) is 0 Å². The molecule has 2 aromatic heterocycles. The van der Waals surface area contributed by atoms with Crippen molar-refractivity contribution in [2.45, 2.75) is 19.9 Å². The molecule has 0 aromatic carbocycles. The van der Waals surface area contributed by atoms with Crippen LogP contribution in [0, 0.1) is 0 Å². The lowest BCUT2D eigenvalue weighted by Gasteiger charge is -2.06. The van der Waals surface area contributed by atoms with Crippen LogP contribution >= 0.6 is 0 Å². The number of carbonyl (C=O) groups excluding carboxylic acids is 1. The Kier molecular flexibility index (Phi) is 4.65. The highest BCUT2D eigenvalue weighted by atomic mass is 16.1. The Morgan fingerprint density at radius 2 is 2.25 bits per heavy atom. The van der Waals surface area contributed by atoms with Gasteiger partial charge in [-0.3, -0.25) is 9.48 Å². The van der Waals surface area contributed by atoms with Crippen LogP contribution in [0.1, 0.15) is 29.7 Å². The minimum atomic E-state index is -0.238. The minimum Gasteiger partial charge on any atom is -0.370 e. The molecule has 0 fully saturated rings. The van der Waals surface area contributed by atoms with Gasteiger partial charge in [-0.2, -0.15) is 5.10 Å². The van der Waals surface area contributed by atoms with E-state index < -0.39 is 0 Å². The smallest absolute Gasteiger partial charge is 0.270 e. The molecule has 2 heterocycles. The molecule has 7 nitrogen and oxygen atoms in total. The van der Waals surface area contributed by atoms with Gasteiger partial charge in [0, 0.05) is 13.6 Å². The van der Waals surface area contributed by atoms with Crippen molar-refractivity contribution in [2.75, 3.05) is 11.9 Å². The molecule has 1 amide bonds. The van der Waals surface area contributed by atoms with E-state index in [2.05, 4.69) is 32.6 Å². The highest BCUT2D eigenvalue weighted by molar-refractivity contribution is 5.92. The molecule has 0 unspecified atom stereocenters. The minimum absolute atomic E-state index is 0.238. The maximum Gasteiger partial charge on any atom is 0.270 e. The number of rotatable bonds is 6. The highest BCUT2D eigenvalue weighted by Crippen LogP contribution is 2.05. The first-order valence-electron chi connectivity index (χ1n) is 6.52. The molecule has 2 N–H and O–H groups in total. The second-order valence-electron chi connectivity index (χ2n) is 4.35. The number of anilines is 1. The summed E-state index contributed by atoms with van der Waals surface area (Å²) >= 11 is 0. The predicted molar refractivity (Wildman–Crippen MR) is 75.2 cm³/mol. The third-order valence-corrected chi connectivity index (χ3v) is 2.59. The standard InChI is InChI=1S/C13H18N6O/c1-3-7-14-11-6-4-5-10(17-11)13(20)15-8-12-16-9-19(2)18-12/h4-6,9H,3,7-8H2,1-2H3,(H,14,17)(H,15,20). The number of carbonyl (C=O) groups is 1. The average molecular weight is 274 g/mol. The quantitative estimate of drug-likeness (QED) is 0.819. The van der Waals surface area contributed by atoms with Crippen LogP contribution in [-0.2, 0) is 13.6 Å². The fourth-order valence-electron chi connectivity index (χ4n) is 1.63. The Morgan fingerprint density at radius 3 is 2.95 bits per heavy atom. The zero-order valence-corrected chi connectivity index (χ0v) is 11.6. The molecule has 0 aliphatic rings. The molecule has 106 valence electrons. The zero-order chi connectivity index (χ0) is 14.4. The van der Waals surface area contributed by atoms with Crippen LogP contribution in [0.25, 0.3) is 0 Å². The van der Waals surface area contributed by atoms with Crippen molar-refractivity contribution in [1.82, 2.24) is 25.1 Å². The van der Waals surface area contributed by atoms with Gasteiger partial charge in [0.15, 0.2) is 5.82 Å². The summed E-state index contributed by atoms with van der Waals surface area (Å²) < 4.78 is 1.59. The summed E-state index contributed by atoms with van der Waals surface area (Å²) in [7, 11) is 1.78. The van der Waals surface area contributed by atoms with E-state index in [1.54, 1.807) is 30.2 Å². The van der Waals surface area contributed by atoms with Crippen LogP contribution in [0.4, 0.5) is 5.82 Å². The van der Waals surface area contributed by atoms with Crippen LogP contribution in [0.5, 0.6) is 0 Å². The van der Waals surface area contributed by atoms with E-state index in [1.165, 1.54) is 0 Å². The van der Waals surface area contributed by atoms with Crippen molar-refractivity contribution < 1.29 is 4.79 Å². The number of aryl methyl sites for hydroxylation is 1. The number of nitrogens with one attached hydrogen (secondary N) is 2. The molecule has 2 aromatic rings. The van der Waals surface area contributed by atoms with Gasteiger partial charge in [0.25, 0.3) is 5.91 Å². The molecule has 0 aliphatic carbocycles. The Morgan fingerprint density at radius 1 is 1.40 bits per heavy atom. The van der Waals surface area contributed by atoms with Crippen molar-refractivity contribution in [1.29, 1.82) is 0 Å². The SMILES string of the molecule is CCCNc1cccc(C(=O)NCc2ncn(C)n2)n1. The van der Waals surface area contributed by atoms with E-state index in [0.717, 1.165) is 13.0 Å². The Balaban J connectivity index is 1.94. The second-order valence-corrected chi connectivity index (χ2v) is 4.35. The number of nitrogens with zero attached hydrogens (tertiary/aromatic N) is 4. The van der Waals surface area contributed by atoms with Gasteiger partial charge in [-0.05, 0) is 18.6 Å². The lowest BCUT2D eigenvalue weighted by atomic mass is 10.3. The van der Waals surface area contributed by atoms with Crippen molar-refractivity contribution in [3.63, 3.8) is 0 Å². The molecule has 7 heteroatoms. The molecule has 2 rings (SSSR count). The topological polar surface area (TPSA) is 84.7 Å². The van der Waals surface area contributed by atoms with Gasteiger partial charge in [0.2, 0.25) is 0 Å². The molecular formula is C13H18N6O. The van der Waals surface area contributed by atoms with Crippen molar-refractivity contribution in [2.24, 2.45) is 7.05 Å². The van der Waals surface area contributed by atoms with E-state index >= 15 is 0 Å². The van der Waals surface area contributed by atoms with E-state index in [9.17, 15) is 4.79 Å². The molecule has 0 radical (unpaired) electrons. The third-order valence-electron chi connectivity index (χ3n) is 2.59. The van der Waals surface area contributed by atoms with E-state index in [1.807, 2.05) is 6.07 Å². The maximum atomic E-state index is 12.0. The molecule has 20 heavy (non-hydrogen) atoms. The molecule has 0 spiro atoms. The van der Waals surface area contributed by atoms with Crippen LogP contribution in [0.15, 0.2) is 24.5 Å². The van der Waals surface area contributed by atoms with Crippen molar-refractivity contribution in [3.05, 3.63) is 36.0 Å². The summed E-state index contributed by atoms with van der Waals surface area (Å²) in [5, 5.41) is 9.98. The first-order chi connectivity index (χ1) is 9.69. The van der Waals surface area contributed by atoms with Crippen LogP contribution < -0.4 is 10.6 Å². The summed E-state index contributed by atoms with van der Waals surface area (Å²) in [4.78, 5) is 20.3. The van der Waals surface area contributed by atoms with Crippen molar-refractivity contribution >= 4 is 11.7 Å². The molecule has 0 saturated carbocycles. The number of aromatic nitrogens is 4. The van der Waals surface area contributed by atoms with Crippen LogP contribution in [-0.4, -0.2) is 32.2 Å². The summed E-state index contributed by atoms with van der Waals surface area (Å²) in [6.07, 6.45) is 2.60. The Bertz CT molecular complexity index is 580. The fourth-order valence-corrected chi connectivity index (χ4v) is 1.63. The first-order valence-corrected chi connectivity index (χ1v) is 6.52. The second kappa shape index (κ2) is 6.65. The normalized spacial score (nSPS) is 10.3. The summed E-state index contributed by atoms with van der Waals surface area (Å²) in [5.41, 5.74) is 0.377. The number of hydrogen-bond acceptors (Lipinski definition) is 5. The van der Waals surface area contributed by atoms with Gasteiger partial charge in [0.1, 0.15) is 17.8 Å². The molecule has 0 bridgehead atoms. The van der Waals surface area contributed by atoms with Crippen LogP contribution in [0.2, 0.25) is 0 Å². The van der Waals surface area contributed by atoms with E-state index in [4.69, 9.17) is 0 Å². The van der Waals surface area contributed by atoms with Gasteiger partial charge >= 0.3 is 0 Å². The van der Waals surface area contributed by atoms with E-state index in [-0.39, 0.29) is 12.5 Å². The molecular weight excluding hydrogens is 256 g/mol. The number of pyridine rings is 1. The molecule has 0 saturated heterocycles. The fraction of sp³-hybridized carbons (Fsp3) is 0.385. The molecule has 0 atom stereocenters. The average Bonchev–Trinajstić information content (AvgIpc) is 2.88. The van der Waals surface area contributed by atoms with Gasteiger partial charge in [-0.25, -0.2) is 9.97 Å². The van der Waals surface area contributed by atoms with E-state index in [0.29, 0.717) is 17.3 Å². The van der Waals surface area contributed by atoms with Gasteiger partial charge < -0.3 is 10.6 Å². The summed E-state index contributed by atoms with van der Waals surface area (Å²) in [6.45, 7) is 3.19. The Hall–Kier alpha value is -2.44. The predicted octanol–water partition coefficient (Wildman–Crippen LogP) is 0.962. The monoisotopic (exact) mass is 274 g/mol. The molecule has 0 aliphatic heterocycles. The van der Waals surface area contributed by atoms with Gasteiger partial charge in [-0.15, -0.1) is 0 Å². The highest BCUT2D eigenvalue weighted by Gasteiger charge is 2.08. The van der Waals surface area contributed by atoms with Gasteiger partial charge in [0.05, 0.1) is 6.54 Å². The number of amides is 1. The first kappa shape index (κ1) is 14.0. The maximum absolute atomic E-state index is 12.0. The number of hydrogen-bond donors (Lipinski definition) is 2. The van der Waals surface area contributed by atoms with Gasteiger partial charge in [-0.1, -0.05) is 13.0 Å². The zero-order valence-electron chi connectivity index (χ0n) is 11.6. The summed E-state index contributed by atoms with van der Waals surface area (Å²) in [5.74, 6) is 1.04. The lowest BCUT2D eigenvalue weighted by Crippen LogP contribution is -2.24. The summed E-state index contributed by atoms with van der Waals surface area (Å²) in [6, 6.07) is 5.32. The Labute approximate surface area is 117 Å². The van der Waals surface area contributed by atoms with Crippen LogP contribution in [0.3, 0.4) is 0 Å². The third kappa shape index (κ3) is 3.78.